The lowest BCUT2D eigenvalue weighted by Crippen LogP contribution is -2.49. The lowest BCUT2D eigenvalue weighted by molar-refractivity contribution is 0.0741. The third-order valence-electron chi connectivity index (χ3n) is 6.22. The van der Waals surface area contributed by atoms with Crippen molar-refractivity contribution in [2.75, 3.05) is 31.1 Å². The molecule has 0 N–H and O–H groups in total. The van der Waals surface area contributed by atoms with Crippen LogP contribution in [0.5, 0.6) is 5.88 Å². The van der Waals surface area contributed by atoms with Crippen molar-refractivity contribution in [2.24, 2.45) is 0 Å². The molecule has 0 spiro atoms. The number of aromatic nitrogens is 2. The third kappa shape index (κ3) is 5.77. The van der Waals surface area contributed by atoms with Crippen LogP contribution in [0.1, 0.15) is 21.5 Å². The normalized spacial score (nSPS) is 13.6. The maximum atomic E-state index is 14.2. The highest BCUT2D eigenvalue weighted by Gasteiger charge is 2.27. The Hall–Kier alpha value is -4.27. The summed E-state index contributed by atoms with van der Waals surface area (Å²) in [6.07, 6.45) is 1.58. The Balaban J connectivity index is 1.34. The number of para-hydroxylation sites is 1. The number of piperazine rings is 1. The topological polar surface area (TPSA) is 50.6 Å². The second-order valence-electron chi connectivity index (χ2n) is 8.82. The molecule has 4 aromatic rings. The summed E-state index contributed by atoms with van der Waals surface area (Å²) >= 11 is 0. The molecule has 1 aliphatic rings. The van der Waals surface area contributed by atoms with Gasteiger partial charge in [-0.2, -0.15) is 0 Å². The number of halogens is 3. The standard InChI is InChI=1S/C28H25F3N4O2/c29-22-7-3-5-20(15-22)17-35-18-24(27(32-35)37-19-21-6-4-8-23(30)16-21)28(36)34-13-11-33(12-14-34)26-10-2-1-9-25(26)31/h1-10,15-16,18H,11-14,17,19H2. The van der Waals surface area contributed by atoms with E-state index in [1.807, 2.05) is 4.90 Å². The third-order valence-corrected chi connectivity index (χ3v) is 6.22. The van der Waals surface area contributed by atoms with Gasteiger partial charge >= 0.3 is 0 Å². The minimum absolute atomic E-state index is 0.0239. The number of hydrogen-bond acceptors (Lipinski definition) is 4. The van der Waals surface area contributed by atoms with Crippen LogP contribution in [0.4, 0.5) is 18.9 Å². The molecule has 0 unspecified atom stereocenters. The van der Waals surface area contributed by atoms with Crippen molar-refractivity contribution in [1.29, 1.82) is 0 Å². The van der Waals surface area contributed by atoms with Gasteiger partial charge in [-0.25, -0.2) is 13.2 Å². The minimum Gasteiger partial charge on any atom is -0.471 e. The van der Waals surface area contributed by atoms with Crippen LogP contribution in [-0.2, 0) is 13.2 Å². The molecule has 190 valence electrons. The molecule has 37 heavy (non-hydrogen) atoms. The van der Waals surface area contributed by atoms with E-state index in [1.54, 1.807) is 53.6 Å². The van der Waals surface area contributed by atoms with Gasteiger partial charge in [0.15, 0.2) is 0 Å². The zero-order valence-electron chi connectivity index (χ0n) is 20.0. The first kappa shape index (κ1) is 24.4. The fraction of sp³-hybridized carbons (Fsp3) is 0.214. The van der Waals surface area contributed by atoms with Crippen molar-refractivity contribution in [3.8, 4) is 5.88 Å². The van der Waals surface area contributed by atoms with Crippen LogP contribution in [0.15, 0.2) is 79.0 Å². The smallest absolute Gasteiger partial charge is 0.261 e. The Morgan fingerprint density at radius 1 is 0.838 bits per heavy atom. The van der Waals surface area contributed by atoms with Gasteiger partial charge in [0.05, 0.1) is 12.2 Å². The number of ether oxygens (including phenoxy) is 1. The maximum Gasteiger partial charge on any atom is 0.261 e. The molecule has 0 bridgehead atoms. The molecule has 5 rings (SSSR count). The van der Waals surface area contributed by atoms with Gasteiger partial charge in [-0.15, -0.1) is 5.10 Å². The van der Waals surface area contributed by atoms with Crippen molar-refractivity contribution in [3.63, 3.8) is 0 Å². The molecule has 2 heterocycles. The molecule has 1 saturated heterocycles. The average Bonchev–Trinajstić information content (AvgIpc) is 3.30. The number of rotatable bonds is 7. The second-order valence-corrected chi connectivity index (χ2v) is 8.82. The van der Waals surface area contributed by atoms with Crippen molar-refractivity contribution < 1.29 is 22.7 Å². The summed E-state index contributed by atoms with van der Waals surface area (Å²) in [4.78, 5) is 17.1. The molecule has 0 radical (unpaired) electrons. The molecule has 0 aliphatic carbocycles. The molecule has 1 amide bonds. The van der Waals surface area contributed by atoms with E-state index in [0.717, 1.165) is 0 Å². The average molecular weight is 507 g/mol. The zero-order chi connectivity index (χ0) is 25.8. The fourth-order valence-electron chi connectivity index (χ4n) is 4.37. The first-order valence-corrected chi connectivity index (χ1v) is 11.9. The van der Waals surface area contributed by atoms with Crippen LogP contribution in [0.2, 0.25) is 0 Å². The Kier molecular flexibility index (Phi) is 7.11. The van der Waals surface area contributed by atoms with E-state index >= 15 is 0 Å². The molecule has 9 heteroatoms. The number of amides is 1. The van der Waals surface area contributed by atoms with E-state index in [-0.39, 0.29) is 48.0 Å². The van der Waals surface area contributed by atoms with E-state index < -0.39 is 0 Å². The van der Waals surface area contributed by atoms with Crippen LogP contribution in [0.25, 0.3) is 0 Å². The summed E-state index contributed by atoms with van der Waals surface area (Å²) in [5, 5.41) is 4.43. The molecule has 1 aromatic heterocycles. The molecule has 0 saturated carbocycles. The SMILES string of the molecule is O=C(c1cn(Cc2cccc(F)c2)nc1OCc1cccc(F)c1)N1CCN(c2ccccc2F)CC1. The Labute approximate surface area is 212 Å². The van der Waals surface area contributed by atoms with Gasteiger partial charge in [0.25, 0.3) is 5.91 Å². The fourth-order valence-corrected chi connectivity index (χ4v) is 4.37. The minimum atomic E-state index is -0.387. The van der Waals surface area contributed by atoms with Gasteiger partial charge in [-0.3, -0.25) is 9.48 Å². The number of hydrogen-bond donors (Lipinski definition) is 0. The van der Waals surface area contributed by atoms with Crippen LogP contribution >= 0.6 is 0 Å². The van der Waals surface area contributed by atoms with Crippen LogP contribution in [-0.4, -0.2) is 46.8 Å². The van der Waals surface area contributed by atoms with Crippen molar-refractivity contribution in [3.05, 3.63) is 113 Å². The van der Waals surface area contributed by atoms with E-state index in [9.17, 15) is 18.0 Å². The number of carbonyl (C=O) groups is 1. The zero-order valence-corrected chi connectivity index (χ0v) is 20.0. The molecule has 6 nitrogen and oxygen atoms in total. The monoisotopic (exact) mass is 506 g/mol. The number of carbonyl (C=O) groups excluding carboxylic acids is 1. The molecular formula is C28H25F3N4O2. The van der Waals surface area contributed by atoms with Gasteiger partial charge in [-0.1, -0.05) is 36.4 Å². The number of nitrogens with zero attached hydrogens (tertiary/aromatic N) is 4. The van der Waals surface area contributed by atoms with E-state index in [1.165, 1.54) is 35.0 Å². The number of benzene rings is 3. The summed E-state index contributed by atoms with van der Waals surface area (Å²) < 4.78 is 48.9. The van der Waals surface area contributed by atoms with Gasteiger partial charge in [0.1, 0.15) is 29.6 Å². The first-order valence-electron chi connectivity index (χ1n) is 11.9. The van der Waals surface area contributed by atoms with Crippen molar-refractivity contribution in [1.82, 2.24) is 14.7 Å². The Morgan fingerprint density at radius 2 is 1.51 bits per heavy atom. The predicted molar refractivity (Wildman–Crippen MR) is 133 cm³/mol. The van der Waals surface area contributed by atoms with Gasteiger partial charge < -0.3 is 14.5 Å². The van der Waals surface area contributed by atoms with Gasteiger partial charge in [-0.05, 0) is 47.5 Å². The van der Waals surface area contributed by atoms with Gasteiger partial charge in [0, 0.05) is 32.4 Å². The molecule has 0 atom stereocenters. The van der Waals surface area contributed by atoms with Crippen LogP contribution in [0.3, 0.4) is 0 Å². The summed E-state index contributed by atoms with van der Waals surface area (Å²) in [6.45, 7) is 2.00. The van der Waals surface area contributed by atoms with E-state index in [2.05, 4.69) is 5.10 Å². The second kappa shape index (κ2) is 10.8. The first-order chi connectivity index (χ1) is 18.0. The predicted octanol–water partition coefficient (Wildman–Crippen LogP) is 4.89. The molecule has 1 aliphatic heterocycles. The molecular weight excluding hydrogens is 481 g/mol. The van der Waals surface area contributed by atoms with E-state index in [0.29, 0.717) is 43.0 Å². The lowest BCUT2D eigenvalue weighted by Gasteiger charge is -2.36. The highest BCUT2D eigenvalue weighted by Crippen LogP contribution is 2.24. The Bertz CT molecular complexity index is 1400. The summed E-state index contributed by atoms with van der Waals surface area (Å²) in [6, 6.07) is 18.7. The summed E-state index contributed by atoms with van der Waals surface area (Å²) in [7, 11) is 0. The Morgan fingerprint density at radius 3 is 2.22 bits per heavy atom. The van der Waals surface area contributed by atoms with E-state index in [4.69, 9.17) is 4.74 Å². The van der Waals surface area contributed by atoms with Crippen LogP contribution < -0.4 is 9.64 Å². The highest BCUT2D eigenvalue weighted by molar-refractivity contribution is 5.96. The number of anilines is 1. The van der Waals surface area contributed by atoms with Gasteiger partial charge in [0.2, 0.25) is 5.88 Å². The van der Waals surface area contributed by atoms with Crippen molar-refractivity contribution in [2.45, 2.75) is 13.2 Å². The lowest BCUT2D eigenvalue weighted by atomic mass is 10.2. The molecule has 1 fully saturated rings. The molecule has 3 aromatic carbocycles. The largest absolute Gasteiger partial charge is 0.471 e. The van der Waals surface area contributed by atoms with Crippen molar-refractivity contribution >= 4 is 11.6 Å². The highest BCUT2D eigenvalue weighted by atomic mass is 19.1. The quantitative estimate of drug-likeness (QED) is 0.358. The van der Waals surface area contributed by atoms with Crippen LogP contribution in [0, 0.1) is 17.5 Å². The maximum absolute atomic E-state index is 14.2. The summed E-state index contributed by atoms with van der Waals surface area (Å²) in [5.41, 5.74) is 2.04. The summed E-state index contributed by atoms with van der Waals surface area (Å²) in [5.74, 6) is -1.21.